The number of esters is 1. The van der Waals surface area contributed by atoms with Crippen LogP contribution in [0, 0.1) is 0 Å². The van der Waals surface area contributed by atoms with Gasteiger partial charge in [0.05, 0.1) is 23.8 Å². The monoisotopic (exact) mass is 385 g/mol. The molecule has 0 radical (unpaired) electrons. The predicted octanol–water partition coefficient (Wildman–Crippen LogP) is 3.66. The van der Waals surface area contributed by atoms with Crippen LogP contribution in [0.2, 0.25) is 5.02 Å². The van der Waals surface area contributed by atoms with Crippen molar-refractivity contribution in [2.24, 2.45) is 0 Å². The fourth-order valence-corrected chi connectivity index (χ4v) is 2.69. The number of methoxy groups -OCH3 is 1. The molecule has 2 aromatic carbocycles. The van der Waals surface area contributed by atoms with Crippen molar-refractivity contribution in [1.29, 1.82) is 0 Å². The minimum Gasteiger partial charge on any atom is -0.464 e. The number of aromatic amines is 1. The van der Waals surface area contributed by atoms with Gasteiger partial charge in [0, 0.05) is 5.39 Å². The zero-order valence-electron chi connectivity index (χ0n) is 14.4. The fourth-order valence-electron chi connectivity index (χ4n) is 2.41. The Balaban J connectivity index is 1.77. The lowest BCUT2D eigenvalue weighted by Crippen LogP contribution is -2.28. The Morgan fingerprint density at radius 3 is 2.78 bits per heavy atom. The molecule has 0 spiro atoms. The third-order valence-electron chi connectivity index (χ3n) is 3.69. The normalized spacial score (nSPS) is 11.3. The summed E-state index contributed by atoms with van der Waals surface area (Å²) in [5.41, 5.74) is 2.03. The van der Waals surface area contributed by atoms with Gasteiger partial charge in [-0.05, 0) is 29.3 Å². The van der Waals surface area contributed by atoms with Crippen LogP contribution in [0.3, 0.4) is 0 Å². The molecule has 138 valence electrons. The van der Waals surface area contributed by atoms with Gasteiger partial charge in [0.25, 0.3) is 0 Å². The number of carbonyl (C=O) groups excluding carboxylic acids is 2. The van der Waals surface area contributed by atoms with Crippen LogP contribution in [0.1, 0.15) is 11.1 Å². The summed E-state index contributed by atoms with van der Waals surface area (Å²) in [5, 5.41) is 10.3. The lowest BCUT2D eigenvalue weighted by molar-refractivity contribution is -0.136. The van der Waals surface area contributed by atoms with Crippen molar-refractivity contribution < 1.29 is 19.1 Å². The van der Waals surface area contributed by atoms with Crippen molar-refractivity contribution >= 4 is 40.6 Å². The molecular formula is C19H16ClN3O4. The Kier molecular flexibility index (Phi) is 5.73. The number of H-pyrrole nitrogens is 1. The van der Waals surface area contributed by atoms with E-state index in [-0.39, 0.29) is 12.3 Å². The summed E-state index contributed by atoms with van der Waals surface area (Å²) in [6.07, 6.45) is 2.29. The number of hydrogen-bond acceptors (Lipinski definition) is 5. The van der Waals surface area contributed by atoms with E-state index in [0.717, 1.165) is 10.9 Å². The zero-order valence-corrected chi connectivity index (χ0v) is 15.1. The number of halogens is 1. The molecule has 0 saturated carbocycles. The molecule has 2 N–H and O–H groups in total. The summed E-state index contributed by atoms with van der Waals surface area (Å²) in [7, 11) is 1.22. The summed E-state index contributed by atoms with van der Waals surface area (Å²) in [5.74, 6) is -0.713. The third-order valence-corrected chi connectivity index (χ3v) is 3.99. The Morgan fingerprint density at radius 2 is 2.04 bits per heavy atom. The summed E-state index contributed by atoms with van der Waals surface area (Å²) in [4.78, 5) is 24.1. The van der Waals surface area contributed by atoms with Crippen LogP contribution >= 0.6 is 11.6 Å². The van der Waals surface area contributed by atoms with Crippen molar-refractivity contribution in [3.05, 3.63) is 70.5 Å². The molecule has 1 amide bonds. The highest BCUT2D eigenvalue weighted by atomic mass is 35.5. The number of carbonyl (C=O) groups is 2. The molecule has 0 unspecified atom stereocenters. The van der Waals surface area contributed by atoms with E-state index in [1.807, 2.05) is 30.3 Å². The highest BCUT2D eigenvalue weighted by Crippen LogP contribution is 2.24. The first-order valence-corrected chi connectivity index (χ1v) is 8.35. The molecule has 7 nitrogen and oxygen atoms in total. The van der Waals surface area contributed by atoms with Crippen LogP contribution in [0.5, 0.6) is 0 Å². The lowest BCUT2D eigenvalue weighted by Gasteiger charge is -2.09. The number of alkyl carbamates (subject to hydrolysis) is 1. The highest BCUT2D eigenvalue weighted by molar-refractivity contribution is 6.35. The molecule has 27 heavy (non-hydrogen) atoms. The molecule has 0 aliphatic carbocycles. The number of hydrogen-bond donors (Lipinski definition) is 2. The number of aromatic nitrogens is 2. The maximum atomic E-state index is 12.1. The standard InChI is InChI=1S/C19H16ClN3O4/c1-26-18(24)16(22-19(25)27-11-12-5-3-2-4-6-12)9-13-7-14-10-21-23-17(14)15(20)8-13/h2-10H,11H2,1H3,(H,21,23)(H,22,25)/b16-9-. The molecule has 1 heterocycles. The molecule has 0 bridgehead atoms. The van der Waals surface area contributed by atoms with Crippen molar-refractivity contribution in [3.8, 4) is 0 Å². The molecule has 8 heteroatoms. The Morgan fingerprint density at radius 1 is 1.26 bits per heavy atom. The van der Waals surface area contributed by atoms with E-state index in [1.165, 1.54) is 13.2 Å². The van der Waals surface area contributed by atoms with E-state index in [0.29, 0.717) is 16.1 Å². The first-order chi connectivity index (χ1) is 13.1. The molecule has 0 aliphatic rings. The molecule has 0 atom stereocenters. The van der Waals surface area contributed by atoms with E-state index in [1.54, 1.807) is 18.3 Å². The van der Waals surface area contributed by atoms with Crippen molar-refractivity contribution in [3.63, 3.8) is 0 Å². The topological polar surface area (TPSA) is 93.3 Å². The first kappa shape index (κ1) is 18.5. The van der Waals surface area contributed by atoms with Crippen molar-refractivity contribution in [2.75, 3.05) is 7.11 Å². The van der Waals surface area contributed by atoms with Gasteiger partial charge in [-0.1, -0.05) is 41.9 Å². The number of amides is 1. The molecule has 1 aromatic heterocycles. The van der Waals surface area contributed by atoms with E-state index in [9.17, 15) is 9.59 Å². The van der Waals surface area contributed by atoms with Gasteiger partial charge in [-0.25, -0.2) is 9.59 Å². The minimum absolute atomic E-state index is 0.0746. The summed E-state index contributed by atoms with van der Waals surface area (Å²) in [6, 6.07) is 12.6. The van der Waals surface area contributed by atoms with Gasteiger partial charge in [0.1, 0.15) is 12.3 Å². The van der Waals surface area contributed by atoms with E-state index < -0.39 is 12.1 Å². The average molecular weight is 386 g/mol. The maximum absolute atomic E-state index is 12.1. The fraction of sp³-hybridized carbons (Fsp3) is 0.105. The van der Waals surface area contributed by atoms with Gasteiger partial charge < -0.3 is 9.47 Å². The second-order valence-corrected chi connectivity index (χ2v) is 5.98. The van der Waals surface area contributed by atoms with Gasteiger partial charge in [0.2, 0.25) is 0 Å². The van der Waals surface area contributed by atoms with Gasteiger partial charge in [-0.15, -0.1) is 0 Å². The summed E-state index contributed by atoms with van der Waals surface area (Å²) in [6.45, 7) is 0.0773. The largest absolute Gasteiger partial charge is 0.464 e. The van der Waals surface area contributed by atoms with Crippen LogP contribution in [0.4, 0.5) is 4.79 Å². The molecule has 0 aliphatic heterocycles. The van der Waals surface area contributed by atoms with Crippen LogP contribution in [0.25, 0.3) is 17.0 Å². The van der Waals surface area contributed by atoms with Crippen molar-refractivity contribution in [1.82, 2.24) is 15.5 Å². The SMILES string of the molecule is COC(=O)/C(=C/c1cc(Cl)c2[nH]ncc2c1)NC(=O)OCc1ccccc1. The van der Waals surface area contributed by atoms with E-state index in [2.05, 4.69) is 15.5 Å². The van der Waals surface area contributed by atoms with Crippen molar-refractivity contribution in [2.45, 2.75) is 6.61 Å². The van der Waals surface area contributed by atoms with Gasteiger partial charge in [0.15, 0.2) is 0 Å². The second kappa shape index (κ2) is 8.37. The number of nitrogens with zero attached hydrogens (tertiary/aromatic N) is 1. The molecule has 3 rings (SSSR count). The summed E-state index contributed by atoms with van der Waals surface area (Å²) >= 11 is 6.20. The summed E-state index contributed by atoms with van der Waals surface area (Å²) < 4.78 is 9.85. The number of rotatable bonds is 5. The molecule has 0 fully saturated rings. The van der Waals surface area contributed by atoms with Gasteiger partial charge in [-0.3, -0.25) is 10.4 Å². The molecular weight excluding hydrogens is 370 g/mol. The van der Waals surface area contributed by atoms with Crippen LogP contribution in [0.15, 0.2) is 54.4 Å². The quantitative estimate of drug-likeness (QED) is 0.516. The number of fused-ring (bicyclic) bond motifs is 1. The second-order valence-electron chi connectivity index (χ2n) is 5.57. The predicted molar refractivity (Wildman–Crippen MR) is 101 cm³/mol. The first-order valence-electron chi connectivity index (χ1n) is 7.97. The lowest BCUT2D eigenvalue weighted by atomic mass is 10.1. The molecule has 0 saturated heterocycles. The zero-order chi connectivity index (χ0) is 19.2. The number of ether oxygens (including phenoxy) is 2. The Bertz CT molecular complexity index is 999. The minimum atomic E-state index is -0.772. The number of nitrogens with one attached hydrogen (secondary N) is 2. The van der Waals surface area contributed by atoms with Crippen LogP contribution in [-0.4, -0.2) is 29.4 Å². The number of benzene rings is 2. The maximum Gasteiger partial charge on any atom is 0.412 e. The average Bonchev–Trinajstić information content (AvgIpc) is 3.15. The Labute approximate surface area is 159 Å². The molecule has 3 aromatic rings. The smallest absolute Gasteiger partial charge is 0.412 e. The van der Waals surface area contributed by atoms with Gasteiger partial charge in [-0.2, -0.15) is 5.10 Å². The van der Waals surface area contributed by atoms with Crippen LogP contribution < -0.4 is 5.32 Å². The van der Waals surface area contributed by atoms with E-state index in [4.69, 9.17) is 21.1 Å². The van der Waals surface area contributed by atoms with Gasteiger partial charge >= 0.3 is 12.1 Å². The Hall–Kier alpha value is -3.32. The van der Waals surface area contributed by atoms with E-state index >= 15 is 0 Å². The third kappa shape index (κ3) is 4.65. The highest BCUT2D eigenvalue weighted by Gasteiger charge is 2.15. The van der Waals surface area contributed by atoms with Crippen LogP contribution in [-0.2, 0) is 20.9 Å².